The van der Waals surface area contributed by atoms with Gasteiger partial charge < -0.3 is 9.47 Å². The minimum atomic E-state index is -0.197. The first kappa shape index (κ1) is 16.8. The van der Waals surface area contributed by atoms with E-state index in [1.807, 2.05) is 24.6 Å². The quantitative estimate of drug-likeness (QED) is 0.927. The van der Waals surface area contributed by atoms with Gasteiger partial charge in [-0.1, -0.05) is 18.5 Å². The number of likely N-dealkylation sites (tertiary alicyclic amines) is 1. The van der Waals surface area contributed by atoms with Gasteiger partial charge in [-0.25, -0.2) is 4.98 Å². The molecule has 24 heavy (non-hydrogen) atoms. The molecule has 1 aliphatic rings. The highest BCUT2D eigenvalue weighted by atomic mass is 35.5. The summed E-state index contributed by atoms with van der Waals surface area (Å²) in [5.74, 6) is 0.312. The van der Waals surface area contributed by atoms with Crippen molar-refractivity contribution in [3.8, 4) is 0 Å². The fraction of sp³-hybridized carbons (Fsp3) is 0.471. The number of halogens is 1. The Labute approximate surface area is 145 Å². The molecule has 2 aromatic rings. The molecule has 2 amide bonds. The molecule has 0 bridgehead atoms. The number of anilines is 1. The fourth-order valence-corrected chi connectivity index (χ4v) is 3.30. The largest absolute Gasteiger partial charge is 0.342 e. The zero-order valence-electron chi connectivity index (χ0n) is 13.9. The molecule has 7 heteroatoms. The lowest BCUT2D eigenvalue weighted by molar-refractivity contribution is -0.134. The van der Waals surface area contributed by atoms with Gasteiger partial charge in [0.25, 0.3) is 0 Å². The van der Waals surface area contributed by atoms with Crippen LogP contribution in [0, 0.1) is 5.92 Å². The maximum atomic E-state index is 12.6. The van der Waals surface area contributed by atoms with Crippen LogP contribution in [0.2, 0.25) is 5.02 Å². The van der Waals surface area contributed by atoms with E-state index in [0.717, 1.165) is 30.4 Å². The Morgan fingerprint density at radius 3 is 2.96 bits per heavy atom. The highest BCUT2D eigenvalue weighted by molar-refractivity contribution is 6.31. The number of carbonyl (C=O) groups excluding carboxylic acids is 2. The predicted molar refractivity (Wildman–Crippen MR) is 93.9 cm³/mol. The number of benzene rings is 1. The Kier molecular flexibility index (Phi) is 4.76. The first-order valence-electron chi connectivity index (χ1n) is 8.20. The molecule has 1 aromatic carbocycles. The first-order valence-corrected chi connectivity index (χ1v) is 8.58. The highest BCUT2D eigenvalue weighted by Crippen LogP contribution is 2.23. The number of carbonyl (C=O) groups is 2. The molecule has 1 aromatic heterocycles. The topological polar surface area (TPSA) is 67.2 Å². The van der Waals surface area contributed by atoms with Crippen LogP contribution < -0.4 is 5.32 Å². The number of aryl methyl sites for hydroxylation is 1. The van der Waals surface area contributed by atoms with Crippen molar-refractivity contribution in [3.63, 3.8) is 0 Å². The van der Waals surface area contributed by atoms with Crippen LogP contribution in [-0.4, -0.2) is 39.4 Å². The molecule has 3 rings (SSSR count). The molecule has 1 saturated heterocycles. The van der Waals surface area contributed by atoms with E-state index >= 15 is 0 Å². The zero-order chi connectivity index (χ0) is 17.3. The smallest absolute Gasteiger partial charge is 0.231 e. The van der Waals surface area contributed by atoms with Crippen LogP contribution in [0.5, 0.6) is 0 Å². The number of imidazole rings is 1. The summed E-state index contributed by atoms with van der Waals surface area (Å²) in [5.41, 5.74) is 1.65. The summed E-state index contributed by atoms with van der Waals surface area (Å²) in [6.45, 7) is 3.06. The molecule has 0 spiro atoms. The van der Waals surface area contributed by atoms with E-state index in [1.165, 1.54) is 0 Å². The number of aromatic nitrogens is 2. The molecule has 1 fully saturated rings. The van der Waals surface area contributed by atoms with E-state index in [9.17, 15) is 9.59 Å². The second-order valence-corrected chi connectivity index (χ2v) is 6.59. The zero-order valence-corrected chi connectivity index (χ0v) is 14.6. The van der Waals surface area contributed by atoms with Gasteiger partial charge in [-0.15, -0.1) is 0 Å². The molecule has 0 aliphatic carbocycles. The van der Waals surface area contributed by atoms with Crippen LogP contribution in [0.25, 0.3) is 11.0 Å². The van der Waals surface area contributed by atoms with Gasteiger partial charge in [0.2, 0.25) is 17.8 Å². The van der Waals surface area contributed by atoms with Crippen LogP contribution in [0.3, 0.4) is 0 Å². The molecular weight excluding hydrogens is 328 g/mol. The second kappa shape index (κ2) is 6.81. The van der Waals surface area contributed by atoms with E-state index in [0.29, 0.717) is 23.9 Å². The standard InChI is InChI=1S/C17H21ClN4O2/c1-3-15(23)22-8-4-5-11(10-22)16(24)20-17-19-13-9-12(18)6-7-14(13)21(17)2/h6-7,9,11H,3-5,8,10H2,1-2H3,(H,19,20,24)/t11-/m1/s1. The van der Waals surface area contributed by atoms with E-state index in [-0.39, 0.29) is 17.7 Å². The average Bonchev–Trinajstić information content (AvgIpc) is 2.89. The van der Waals surface area contributed by atoms with Crippen LogP contribution in [-0.2, 0) is 16.6 Å². The van der Waals surface area contributed by atoms with Crippen molar-refractivity contribution in [3.05, 3.63) is 23.2 Å². The van der Waals surface area contributed by atoms with Gasteiger partial charge >= 0.3 is 0 Å². The maximum Gasteiger partial charge on any atom is 0.231 e. The van der Waals surface area contributed by atoms with Gasteiger partial charge in [0, 0.05) is 31.6 Å². The van der Waals surface area contributed by atoms with Crippen LogP contribution in [0.15, 0.2) is 18.2 Å². The first-order chi connectivity index (χ1) is 11.5. The number of rotatable bonds is 3. The summed E-state index contributed by atoms with van der Waals surface area (Å²) in [4.78, 5) is 30.7. The lowest BCUT2D eigenvalue weighted by Gasteiger charge is -2.31. The Hall–Kier alpha value is -2.08. The van der Waals surface area contributed by atoms with Crippen LogP contribution in [0.1, 0.15) is 26.2 Å². The monoisotopic (exact) mass is 348 g/mol. The van der Waals surface area contributed by atoms with E-state index in [2.05, 4.69) is 10.3 Å². The van der Waals surface area contributed by atoms with Gasteiger partial charge in [-0.2, -0.15) is 0 Å². The Morgan fingerprint density at radius 2 is 2.21 bits per heavy atom. The fourth-order valence-electron chi connectivity index (χ4n) is 3.14. The van der Waals surface area contributed by atoms with Gasteiger partial charge in [0.15, 0.2) is 0 Å². The van der Waals surface area contributed by atoms with Crippen molar-refractivity contribution < 1.29 is 9.59 Å². The molecule has 0 saturated carbocycles. The van der Waals surface area contributed by atoms with Gasteiger partial charge in [0.05, 0.1) is 17.0 Å². The normalized spacial score (nSPS) is 18.0. The summed E-state index contributed by atoms with van der Waals surface area (Å²) in [5, 5.41) is 3.51. The third-order valence-electron chi connectivity index (χ3n) is 4.53. The number of fused-ring (bicyclic) bond motifs is 1. The summed E-state index contributed by atoms with van der Waals surface area (Å²) in [6, 6.07) is 5.45. The Bertz CT molecular complexity index is 786. The number of nitrogens with zero attached hydrogens (tertiary/aromatic N) is 3. The molecule has 1 atom stereocenters. The Morgan fingerprint density at radius 1 is 1.42 bits per heavy atom. The number of hydrogen-bond acceptors (Lipinski definition) is 3. The van der Waals surface area contributed by atoms with E-state index < -0.39 is 0 Å². The van der Waals surface area contributed by atoms with Crippen molar-refractivity contribution in [1.82, 2.24) is 14.5 Å². The van der Waals surface area contributed by atoms with Crippen molar-refractivity contribution in [2.75, 3.05) is 18.4 Å². The summed E-state index contributed by atoms with van der Waals surface area (Å²) in [7, 11) is 1.85. The molecule has 128 valence electrons. The molecule has 0 radical (unpaired) electrons. The van der Waals surface area contributed by atoms with E-state index in [4.69, 9.17) is 11.6 Å². The molecule has 2 heterocycles. The molecular formula is C17H21ClN4O2. The maximum absolute atomic E-state index is 12.6. The minimum Gasteiger partial charge on any atom is -0.342 e. The van der Waals surface area contributed by atoms with Crippen molar-refractivity contribution in [2.24, 2.45) is 13.0 Å². The molecule has 0 unspecified atom stereocenters. The number of nitrogens with one attached hydrogen (secondary N) is 1. The molecule has 1 aliphatic heterocycles. The average molecular weight is 349 g/mol. The summed E-state index contributed by atoms with van der Waals surface area (Å²) < 4.78 is 1.83. The summed E-state index contributed by atoms with van der Waals surface area (Å²) >= 11 is 5.99. The van der Waals surface area contributed by atoms with Crippen molar-refractivity contribution >= 4 is 40.4 Å². The van der Waals surface area contributed by atoms with Gasteiger partial charge in [-0.3, -0.25) is 14.9 Å². The number of amides is 2. The third kappa shape index (κ3) is 3.24. The van der Waals surface area contributed by atoms with Crippen LogP contribution in [0.4, 0.5) is 5.95 Å². The number of hydrogen-bond donors (Lipinski definition) is 1. The van der Waals surface area contributed by atoms with Gasteiger partial charge in [-0.05, 0) is 31.0 Å². The summed E-state index contributed by atoms with van der Waals surface area (Å²) in [6.07, 6.45) is 2.11. The lowest BCUT2D eigenvalue weighted by Crippen LogP contribution is -2.43. The minimum absolute atomic E-state index is 0.0897. The molecule has 1 N–H and O–H groups in total. The van der Waals surface area contributed by atoms with Crippen molar-refractivity contribution in [2.45, 2.75) is 26.2 Å². The highest BCUT2D eigenvalue weighted by Gasteiger charge is 2.28. The van der Waals surface area contributed by atoms with E-state index in [1.54, 1.807) is 17.0 Å². The lowest BCUT2D eigenvalue weighted by atomic mass is 9.97. The van der Waals surface area contributed by atoms with Gasteiger partial charge in [0.1, 0.15) is 0 Å². The third-order valence-corrected chi connectivity index (χ3v) is 4.76. The Balaban J connectivity index is 1.75. The van der Waals surface area contributed by atoms with Crippen molar-refractivity contribution in [1.29, 1.82) is 0 Å². The molecule has 6 nitrogen and oxygen atoms in total. The van der Waals surface area contributed by atoms with Crippen LogP contribution >= 0.6 is 11.6 Å². The predicted octanol–water partition coefficient (Wildman–Crippen LogP) is 2.81. The number of piperidine rings is 1. The second-order valence-electron chi connectivity index (χ2n) is 6.15. The SMILES string of the molecule is CCC(=O)N1CCC[C@@H](C(=O)Nc2nc3cc(Cl)ccc3n2C)C1.